The van der Waals surface area contributed by atoms with Gasteiger partial charge in [-0.15, -0.1) is 0 Å². The van der Waals surface area contributed by atoms with Gasteiger partial charge < -0.3 is 21.0 Å². The minimum absolute atomic E-state index is 0.0393. The van der Waals surface area contributed by atoms with Crippen molar-refractivity contribution >= 4 is 11.7 Å². The normalized spacial score (nSPS) is 11.3. The number of carbonyl (C=O) groups is 1. The number of nitrogens with zero attached hydrogens (tertiary/aromatic N) is 2. The summed E-state index contributed by atoms with van der Waals surface area (Å²) in [6, 6.07) is 3.11. The molecule has 0 spiro atoms. The number of aromatic nitrogens is 1. The molecule has 1 aromatic heterocycles. The van der Waals surface area contributed by atoms with Gasteiger partial charge >= 0.3 is 0 Å². The number of hydrogen-bond donors (Lipinski definition) is 3. The number of carbonyl (C=O) groups excluding carboxylic acids is 1. The Morgan fingerprint density at radius 2 is 2.25 bits per heavy atom. The highest BCUT2D eigenvalue weighted by Gasteiger charge is 2.07. The first-order valence-electron chi connectivity index (χ1n) is 6.40. The fourth-order valence-electron chi connectivity index (χ4n) is 1.58. The largest absolute Gasteiger partial charge is 0.409 e. The first kappa shape index (κ1) is 15.9. The Morgan fingerprint density at radius 3 is 2.85 bits per heavy atom. The van der Waals surface area contributed by atoms with Crippen molar-refractivity contribution < 1.29 is 14.7 Å². The van der Waals surface area contributed by atoms with E-state index in [1.54, 1.807) is 13.2 Å². The van der Waals surface area contributed by atoms with Crippen molar-refractivity contribution in [3.8, 4) is 0 Å². The van der Waals surface area contributed by atoms with E-state index in [2.05, 4.69) is 15.5 Å². The van der Waals surface area contributed by atoms with Gasteiger partial charge in [-0.25, -0.2) is 0 Å². The predicted molar refractivity (Wildman–Crippen MR) is 74.8 cm³/mol. The van der Waals surface area contributed by atoms with E-state index in [-0.39, 0.29) is 11.7 Å². The summed E-state index contributed by atoms with van der Waals surface area (Å²) in [6.45, 7) is 1.34. The quantitative estimate of drug-likeness (QED) is 0.214. The van der Waals surface area contributed by atoms with Crippen LogP contribution in [0, 0.1) is 0 Å². The lowest BCUT2D eigenvalue weighted by Crippen LogP contribution is -2.25. The van der Waals surface area contributed by atoms with Gasteiger partial charge in [0.1, 0.15) is 5.69 Å². The van der Waals surface area contributed by atoms with E-state index in [1.807, 2.05) is 0 Å². The molecule has 1 rings (SSSR count). The number of nitrogens with two attached hydrogens (primary N) is 1. The number of pyridine rings is 1. The molecule has 0 bridgehead atoms. The third-order valence-electron chi connectivity index (χ3n) is 2.71. The summed E-state index contributed by atoms with van der Waals surface area (Å²) in [5.41, 5.74) is 6.17. The first-order valence-corrected chi connectivity index (χ1v) is 6.40. The van der Waals surface area contributed by atoms with E-state index in [4.69, 9.17) is 15.7 Å². The number of rotatable bonds is 8. The first-order chi connectivity index (χ1) is 9.69. The molecule has 4 N–H and O–H groups in total. The lowest BCUT2D eigenvalue weighted by atomic mass is 10.2. The van der Waals surface area contributed by atoms with Crippen LogP contribution in [0.1, 0.15) is 35.3 Å². The Bertz CT molecular complexity index is 445. The zero-order valence-electron chi connectivity index (χ0n) is 11.5. The average molecular weight is 280 g/mol. The second kappa shape index (κ2) is 8.87. The lowest BCUT2D eigenvalue weighted by Gasteiger charge is -2.05. The molecule has 0 saturated carbocycles. The summed E-state index contributed by atoms with van der Waals surface area (Å²) in [4.78, 5) is 15.7. The van der Waals surface area contributed by atoms with E-state index in [0.717, 1.165) is 25.9 Å². The van der Waals surface area contributed by atoms with E-state index in [9.17, 15) is 4.79 Å². The molecule has 1 heterocycles. The van der Waals surface area contributed by atoms with Crippen LogP contribution in [0.5, 0.6) is 0 Å². The predicted octanol–water partition coefficient (Wildman–Crippen LogP) is 0.723. The number of amides is 1. The third kappa shape index (κ3) is 5.23. The Kier molecular flexibility index (Phi) is 7.05. The molecule has 20 heavy (non-hydrogen) atoms. The maximum absolute atomic E-state index is 11.8. The SMILES string of the molecule is COCCCCCNC(=O)c1ccc(/C(N)=N/O)cn1. The van der Waals surface area contributed by atoms with Gasteiger partial charge in [-0.2, -0.15) is 0 Å². The van der Waals surface area contributed by atoms with Crippen molar-refractivity contribution in [3.63, 3.8) is 0 Å². The van der Waals surface area contributed by atoms with E-state index in [0.29, 0.717) is 17.8 Å². The second-order valence-electron chi connectivity index (χ2n) is 4.23. The van der Waals surface area contributed by atoms with E-state index >= 15 is 0 Å². The van der Waals surface area contributed by atoms with E-state index in [1.165, 1.54) is 12.3 Å². The molecule has 0 aliphatic rings. The molecular formula is C13H20N4O3. The van der Waals surface area contributed by atoms with Crippen LogP contribution in [-0.2, 0) is 4.74 Å². The number of unbranched alkanes of at least 4 members (excludes halogenated alkanes) is 2. The van der Waals surface area contributed by atoms with Crippen molar-refractivity contribution in [1.29, 1.82) is 0 Å². The van der Waals surface area contributed by atoms with Crippen molar-refractivity contribution in [2.45, 2.75) is 19.3 Å². The summed E-state index contributed by atoms with van der Waals surface area (Å²) in [7, 11) is 1.67. The second-order valence-corrected chi connectivity index (χ2v) is 4.23. The van der Waals surface area contributed by atoms with Crippen LogP contribution in [0.2, 0.25) is 0 Å². The van der Waals surface area contributed by atoms with Gasteiger partial charge in [0.2, 0.25) is 0 Å². The maximum atomic E-state index is 11.8. The van der Waals surface area contributed by atoms with Crippen LogP contribution in [0.25, 0.3) is 0 Å². The molecule has 0 atom stereocenters. The lowest BCUT2D eigenvalue weighted by molar-refractivity contribution is 0.0947. The standard InChI is InChI=1S/C13H20N4O3/c1-20-8-4-2-3-7-15-13(18)11-6-5-10(9-16-11)12(14)17-19/h5-6,9,19H,2-4,7-8H2,1H3,(H2,14,17)(H,15,18). The Balaban J connectivity index is 2.36. The molecule has 0 saturated heterocycles. The van der Waals surface area contributed by atoms with Crippen molar-refractivity contribution in [2.75, 3.05) is 20.3 Å². The molecular weight excluding hydrogens is 260 g/mol. The zero-order valence-corrected chi connectivity index (χ0v) is 11.5. The van der Waals surface area contributed by atoms with Crippen molar-refractivity contribution in [3.05, 3.63) is 29.6 Å². The van der Waals surface area contributed by atoms with Gasteiger partial charge in [0.15, 0.2) is 5.84 Å². The number of amidine groups is 1. The van der Waals surface area contributed by atoms with Crippen LogP contribution in [0.15, 0.2) is 23.5 Å². The maximum Gasteiger partial charge on any atom is 0.269 e. The van der Waals surface area contributed by atoms with Crippen LogP contribution in [-0.4, -0.2) is 42.2 Å². The number of nitrogens with one attached hydrogen (secondary N) is 1. The Labute approximate surface area is 117 Å². The molecule has 0 aliphatic heterocycles. The Morgan fingerprint density at radius 1 is 1.45 bits per heavy atom. The van der Waals surface area contributed by atoms with Crippen molar-refractivity contribution in [1.82, 2.24) is 10.3 Å². The number of hydrogen-bond acceptors (Lipinski definition) is 5. The summed E-state index contributed by atoms with van der Waals surface area (Å²) in [5.74, 6) is -0.273. The highest BCUT2D eigenvalue weighted by molar-refractivity contribution is 5.98. The van der Waals surface area contributed by atoms with Crippen molar-refractivity contribution in [2.24, 2.45) is 10.9 Å². The molecule has 0 aliphatic carbocycles. The van der Waals surface area contributed by atoms with Gasteiger partial charge in [-0.1, -0.05) is 5.16 Å². The van der Waals surface area contributed by atoms with Crippen LogP contribution in [0.4, 0.5) is 0 Å². The van der Waals surface area contributed by atoms with Gasteiger partial charge in [-0.3, -0.25) is 9.78 Å². The molecule has 0 unspecified atom stereocenters. The molecule has 0 aromatic carbocycles. The van der Waals surface area contributed by atoms with Crippen LogP contribution >= 0.6 is 0 Å². The molecule has 7 nitrogen and oxygen atoms in total. The van der Waals surface area contributed by atoms with Gasteiger partial charge in [-0.05, 0) is 31.4 Å². The van der Waals surface area contributed by atoms with Crippen LogP contribution < -0.4 is 11.1 Å². The molecule has 1 aromatic rings. The summed E-state index contributed by atoms with van der Waals surface area (Å²) < 4.78 is 4.94. The minimum atomic E-state index is -0.234. The van der Waals surface area contributed by atoms with Crippen LogP contribution in [0.3, 0.4) is 0 Å². The molecule has 1 amide bonds. The zero-order chi connectivity index (χ0) is 14.8. The molecule has 110 valence electrons. The molecule has 7 heteroatoms. The topological polar surface area (TPSA) is 110 Å². The monoisotopic (exact) mass is 280 g/mol. The summed E-state index contributed by atoms with van der Waals surface area (Å²) in [5, 5.41) is 14.2. The fourth-order valence-corrected chi connectivity index (χ4v) is 1.58. The minimum Gasteiger partial charge on any atom is -0.409 e. The Hall–Kier alpha value is -2.15. The average Bonchev–Trinajstić information content (AvgIpc) is 2.50. The van der Waals surface area contributed by atoms with Gasteiger partial charge in [0.05, 0.1) is 0 Å². The fraction of sp³-hybridized carbons (Fsp3) is 0.462. The molecule has 0 fully saturated rings. The number of methoxy groups -OCH3 is 1. The molecule has 0 radical (unpaired) electrons. The third-order valence-corrected chi connectivity index (χ3v) is 2.71. The number of oxime groups is 1. The van der Waals surface area contributed by atoms with Gasteiger partial charge in [0, 0.05) is 32.0 Å². The highest BCUT2D eigenvalue weighted by atomic mass is 16.5. The van der Waals surface area contributed by atoms with Gasteiger partial charge in [0.25, 0.3) is 5.91 Å². The summed E-state index contributed by atoms with van der Waals surface area (Å²) in [6.07, 6.45) is 4.28. The highest BCUT2D eigenvalue weighted by Crippen LogP contribution is 2.01. The number of ether oxygens (including phenoxy) is 1. The van der Waals surface area contributed by atoms with E-state index < -0.39 is 0 Å². The smallest absolute Gasteiger partial charge is 0.269 e. The summed E-state index contributed by atoms with van der Waals surface area (Å²) >= 11 is 0.